The average molecular weight is 473 g/mol. The number of carbonyl (C=O) groups excluding carboxylic acids is 2. The van der Waals surface area contributed by atoms with Crippen LogP contribution in [0.25, 0.3) is 0 Å². The second kappa shape index (κ2) is 11.0. The van der Waals surface area contributed by atoms with E-state index in [1.165, 1.54) is 10.6 Å². The molecule has 0 bridgehead atoms. The molecule has 8 nitrogen and oxygen atoms in total. The van der Waals surface area contributed by atoms with Crippen molar-refractivity contribution in [2.24, 2.45) is 0 Å². The third-order valence-electron chi connectivity index (χ3n) is 6.30. The number of nitrogens with zero attached hydrogens (tertiary/aromatic N) is 3. The summed E-state index contributed by atoms with van der Waals surface area (Å²) in [4.78, 5) is 32.9. The Bertz CT molecular complexity index is 907. The maximum Gasteiger partial charge on any atom is 0.312 e. The third kappa shape index (κ3) is 5.66. The number of hydrogen-bond donors (Lipinski definition) is 1. The number of piperazine rings is 1. The molecule has 3 heterocycles. The minimum atomic E-state index is -0.539. The Hall–Kier alpha value is -2.62. The fraction of sp³-hybridized carbons (Fsp3) is 0.500. The number of thiophene rings is 1. The van der Waals surface area contributed by atoms with Crippen molar-refractivity contribution in [1.29, 1.82) is 0 Å². The zero-order chi connectivity index (χ0) is 23.2. The van der Waals surface area contributed by atoms with Gasteiger partial charge in [-0.25, -0.2) is 0 Å². The number of rotatable bonds is 6. The number of morpholine rings is 1. The van der Waals surface area contributed by atoms with Gasteiger partial charge in [0, 0.05) is 55.9 Å². The van der Waals surface area contributed by atoms with E-state index in [1.807, 2.05) is 25.1 Å². The molecule has 1 N–H and O–H groups in total. The normalized spacial score (nSPS) is 19.1. The Morgan fingerprint density at radius 3 is 2.33 bits per heavy atom. The van der Waals surface area contributed by atoms with Crippen molar-refractivity contribution < 1.29 is 19.1 Å². The Balaban J connectivity index is 1.40. The summed E-state index contributed by atoms with van der Waals surface area (Å²) < 4.78 is 10.6. The molecule has 2 saturated heterocycles. The van der Waals surface area contributed by atoms with Crippen molar-refractivity contribution in [2.45, 2.75) is 19.0 Å². The van der Waals surface area contributed by atoms with Crippen LogP contribution in [0.4, 0.5) is 5.69 Å². The van der Waals surface area contributed by atoms with Gasteiger partial charge in [0.25, 0.3) is 0 Å². The van der Waals surface area contributed by atoms with Crippen LogP contribution in [0.5, 0.6) is 5.75 Å². The average Bonchev–Trinajstić information content (AvgIpc) is 3.39. The molecule has 33 heavy (non-hydrogen) atoms. The molecule has 2 aliphatic heterocycles. The summed E-state index contributed by atoms with van der Waals surface area (Å²) in [6.07, 6.45) is 0. The lowest BCUT2D eigenvalue weighted by molar-refractivity contribution is -0.149. The summed E-state index contributed by atoms with van der Waals surface area (Å²) in [5, 5.41) is 5.04. The SMILES string of the molecule is COc1ccc(N2CCN([C@H](c3cccs3)[C@H](C)NC(=O)C(=O)N3CCOCC3)CC2)cc1. The molecule has 1 aromatic carbocycles. The number of hydrogen-bond acceptors (Lipinski definition) is 7. The summed E-state index contributed by atoms with van der Waals surface area (Å²) in [5.41, 5.74) is 1.18. The zero-order valence-corrected chi connectivity index (χ0v) is 20.1. The van der Waals surface area contributed by atoms with Crippen molar-refractivity contribution in [3.8, 4) is 5.75 Å². The summed E-state index contributed by atoms with van der Waals surface area (Å²) in [7, 11) is 1.67. The summed E-state index contributed by atoms with van der Waals surface area (Å²) >= 11 is 1.69. The van der Waals surface area contributed by atoms with E-state index in [0.29, 0.717) is 26.3 Å². The van der Waals surface area contributed by atoms with E-state index in [2.05, 4.69) is 38.7 Å². The van der Waals surface area contributed by atoms with E-state index in [9.17, 15) is 9.59 Å². The summed E-state index contributed by atoms with van der Waals surface area (Å²) in [6, 6.07) is 12.1. The van der Waals surface area contributed by atoms with Gasteiger partial charge in [-0.3, -0.25) is 14.5 Å². The van der Waals surface area contributed by atoms with Crippen molar-refractivity contribution in [3.63, 3.8) is 0 Å². The molecule has 2 amide bonds. The van der Waals surface area contributed by atoms with Crippen LogP contribution in [-0.2, 0) is 14.3 Å². The molecular weight excluding hydrogens is 440 g/mol. The van der Waals surface area contributed by atoms with E-state index in [4.69, 9.17) is 9.47 Å². The number of nitrogens with one attached hydrogen (secondary N) is 1. The van der Waals surface area contributed by atoms with Gasteiger partial charge in [-0.1, -0.05) is 6.07 Å². The highest BCUT2D eigenvalue weighted by molar-refractivity contribution is 7.10. The second-order valence-corrected chi connectivity index (χ2v) is 9.33. The lowest BCUT2D eigenvalue weighted by Crippen LogP contribution is -2.54. The molecule has 1 aromatic heterocycles. The van der Waals surface area contributed by atoms with Gasteiger partial charge in [0.1, 0.15) is 5.75 Å². The minimum absolute atomic E-state index is 0.0180. The Morgan fingerprint density at radius 2 is 1.73 bits per heavy atom. The van der Waals surface area contributed by atoms with Gasteiger partial charge in [-0.2, -0.15) is 0 Å². The van der Waals surface area contributed by atoms with Crippen molar-refractivity contribution >= 4 is 28.8 Å². The van der Waals surface area contributed by atoms with Gasteiger partial charge >= 0.3 is 11.8 Å². The Labute approximate surface area is 199 Å². The predicted octanol–water partition coefficient (Wildman–Crippen LogP) is 1.98. The van der Waals surface area contributed by atoms with Crippen LogP contribution in [0, 0.1) is 0 Å². The molecule has 4 rings (SSSR count). The van der Waals surface area contributed by atoms with Crippen molar-refractivity contribution in [2.75, 3.05) is 64.5 Å². The summed E-state index contributed by atoms with van der Waals surface area (Å²) in [6.45, 7) is 7.38. The quantitative estimate of drug-likeness (QED) is 0.649. The minimum Gasteiger partial charge on any atom is -0.497 e. The summed E-state index contributed by atoms with van der Waals surface area (Å²) in [5.74, 6) is -0.159. The second-order valence-electron chi connectivity index (χ2n) is 8.35. The molecule has 178 valence electrons. The van der Waals surface area contributed by atoms with Gasteiger partial charge in [0.15, 0.2) is 0 Å². The van der Waals surface area contributed by atoms with Crippen LogP contribution in [0.1, 0.15) is 17.8 Å². The molecule has 0 aliphatic carbocycles. The van der Waals surface area contributed by atoms with E-state index < -0.39 is 11.8 Å². The van der Waals surface area contributed by atoms with Gasteiger partial charge < -0.3 is 24.6 Å². The van der Waals surface area contributed by atoms with Gasteiger partial charge in [-0.15, -0.1) is 11.3 Å². The molecule has 0 saturated carbocycles. The number of methoxy groups -OCH3 is 1. The lowest BCUT2D eigenvalue weighted by Gasteiger charge is -2.42. The van der Waals surface area contributed by atoms with E-state index in [1.54, 1.807) is 23.3 Å². The van der Waals surface area contributed by atoms with Gasteiger partial charge in [0.2, 0.25) is 0 Å². The molecule has 9 heteroatoms. The third-order valence-corrected chi connectivity index (χ3v) is 7.25. The number of ether oxygens (including phenoxy) is 2. The van der Waals surface area contributed by atoms with Crippen molar-refractivity contribution in [3.05, 3.63) is 46.7 Å². The van der Waals surface area contributed by atoms with Gasteiger partial charge in [-0.05, 0) is 42.6 Å². The van der Waals surface area contributed by atoms with E-state index in [0.717, 1.165) is 31.9 Å². The smallest absolute Gasteiger partial charge is 0.312 e. The number of carbonyl (C=O) groups is 2. The molecule has 0 radical (unpaired) electrons. The Morgan fingerprint density at radius 1 is 1.03 bits per heavy atom. The van der Waals surface area contributed by atoms with Crippen LogP contribution >= 0.6 is 11.3 Å². The van der Waals surface area contributed by atoms with Crippen LogP contribution in [0.3, 0.4) is 0 Å². The van der Waals surface area contributed by atoms with Crippen LogP contribution in [0.2, 0.25) is 0 Å². The number of benzene rings is 1. The Kier molecular flexibility index (Phi) is 7.85. The van der Waals surface area contributed by atoms with Crippen LogP contribution < -0.4 is 15.0 Å². The standard InChI is InChI=1S/C24H32N4O4S/c1-18(25-23(29)24(30)28-13-15-32-16-14-28)22(21-4-3-17-33-21)27-11-9-26(10-12-27)19-5-7-20(31-2)8-6-19/h3-8,17-18,22H,9-16H2,1-2H3,(H,25,29)/t18-,22-/m0/s1. The highest BCUT2D eigenvalue weighted by Gasteiger charge is 2.33. The van der Waals surface area contributed by atoms with Crippen LogP contribution in [0.15, 0.2) is 41.8 Å². The molecule has 0 unspecified atom stereocenters. The maximum absolute atomic E-state index is 12.7. The van der Waals surface area contributed by atoms with Crippen molar-refractivity contribution in [1.82, 2.24) is 15.1 Å². The monoisotopic (exact) mass is 472 g/mol. The number of anilines is 1. The maximum atomic E-state index is 12.7. The topological polar surface area (TPSA) is 74.4 Å². The van der Waals surface area contributed by atoms with E-state index >= 15 is 0 Å². The largest absolute Gasteiger partial charge is 0.497 e. The first-order chi connectivity index (χ1) is 16.1. The first-order valence-electron chi connectivity index (χ1n) is 11.4. The highest BCUT2D eigenvalue weighted by atomic mass is 32.1. The molecule has 2 aromatic rings. The molecule has 2 atom stereocenters. The molecule has 2 aliphatic rings. The predicted molar refractivity (Wildman–Crippen MR) is 129 cm³/mol. The molecule has 0 spiro atoms. The molecular formula is C24H32N4O4S. The fourth-order valence-corrected chi connectivity index (χ4v) is 5.47. The van der Waals surface area contributed by atoms with E-state index in [-0.39, 0.29) is 12.1 Å². The number of amides is 2. The fourth-order valence-electron chi connectivity index (χ4n) is 4.51. The first-order valence-corrected chi connectivity index (χ1v) is 12.3. The molecule has 2 fully saturated rings. The van der Waals surface area contributed by atoms with Gasteiger partial charge in [0.05, 0.1) is 26.4 Å². The zero-order valence-electron chi connectivity index (χ0n) is 19.2. The van der Waals surface area contributed by atoms with Crippen LogP contribution in [-0.4, -0.2) is 87.2 Å². The lowest BCUT2D eigenvalue weighted by atomic mass is 10.0. The first kappa shape index (κ1) is 23.5. The highest BCUT2D eigenvalue weighted by Crippen LogP contribution is 2.30.